The molecule has 0 saturated carbocycles. The van der Waals surface area contributed by atoms with E-state index in [1.165, 1.54) is 11.0 Å². The molecule has 0 unspecified atom stereocenters. The molecule has 1 amide bonds. The molecule has 0 aliphatic rings. The van der Waals surface area contributed by atoms with Gasteiger partial charge in [-0.05, 0) is 65.2 Å². The van der Waals surface area contributed by atoms with Gasteiger partial charge < -0.3 is 15.2 Å². The lowest BCUT2D eigenvalue weighted by atomic mass is 10.0. The molecule has 0 bridgehead atoms. The Morgan fingerprint density at radius 3 is 2.35 bits per heavy atom. The van der Waals surface area contributed by atoms with Crippen LogP contribution in [0.2, 0.25) is 10.0 Å². The van der Waals surface area contributed by atoms with Gasteiger partial charge in [-0.1, -0.05) is 53.5 Å². The lowest BCUT2D eigenvalue weighted by Gasteiger charge is -2.23. The molecule has 0 aliphatic heterocycles. The van der Waals surface area contributed by atoms with Gasteiger partial charge in [0.15, 0.2) is 5.82 Å². The van der Waals surface area contributed by atoms with E-state index in [4.69, 9.17) is 28.9 Å². The van der Waals surface area contributed by atoms with E-state index in [1.807, 2.05) is 18.2 Å². The molecule has 0 aliphatic carbocycles. The highest BCUT2D eigenvalue weighted by molar-refractivity contribution is 6.35. The molecule has 1 heterocycles. The van der Waals surface area contributed by atoms with Crippen molar-refractivity contribution < 1.29 is 13.6 Å². The molecule has 0 atom stereocenters. The third kappa shape index (κ3) is 6.47. The Balaban J connectivity index is 1.47. The molecule has 5 aromatic rings. The summed E-state index contributed by atoms with van der Waals surface area (Å²) in [5, 5.41) is 9.18. The van der Waals surface area contributed by atoms with Crippen molar-refractivity contribution in [3.8, 4) is 11.1 Å². The van der Waals surface area contributed by atoms with Crippen molar-refractivity contribution in [3.05, 3.63) is 135 Å². The molecule has 5 rings (SSSR count). The summed E-state index contributed by atoms with van der Waals surface area (Å²) < 4.78 is 30.1. The minimum atomic E-state index is -0.747. The van der Waals surface area contributed by atoms with E-state index in [0.29, 0.717) is 33.7 Å². The fourth-order valence-corrected chi connectivity index (χ4v) is 4.84. The van der Waals surface area contributed by atoms with Crippen LogP contribution in [0.3, 0.4) is 0 Å². The normalized spacial score (nSPS) is 11.0. The van der Waals surface area contributed by atoms with E-state index in [9.17, 15) is 13.6 Å². The molecule has 10 heteroatoms. The molecular weight excluding hydrogens is 555 g/mol. The molecule has 0 fully saturated rings. The summed E-state index contributed by atoms with van der Waals surface area (Å²) in [6, 6.07) is 22.8. The zero-order valence-corrected chi connectivity index (χ0v) is 22.6. The number of aromatic nitrogens is 3. The molecule has 202 valence electrons. The minimum Gasteiger partial charge on any atom is -0.399 e. The van der Waals surface area contributed by atoms with Crippen LogP contribution < -0.4 is 5.73 Å². The number of halogens is 4. The highest BCUT2D eigenvalue weighted by Gasteiger charge is 2.22. The number of nitrogen functional groups attached to an aromatic ring is 1. The first-order chi connectivity index (χ1) is 19.2. The Labute approximate surface area is 239 Å². The first kappa shape index (κ1) is 27.3. The van der Waals surface area contributed by atoms with Crippen LogP contribution in [0.25, 0.3) is 11.1 Å². The quantitative estimate of drug-likeness (QED) is 0.201. The smallest absolute Gasteiger partial charge is 0.254 e. The predicted octanol–water partition coefficient (Wildman–Crippen LogP) is 7.00. The van der Waals surface area contributed by atoms with Gasteiger partial charge in [-0.2, -0.15) is 0 Å². The van der Waals surface area contributed by atoms with E-state index >= 15 is 0 Å². The van der Waals surface area contributed by atoms with Gasteiger partial charge in [0.1, 0.15) is 18.0 Å². The van der Waals surface area contributed by atoms with Gasteiger partial charge in [0.25, 0.3) is 5.91 Å². The van der Waals surface area contributed by atoms with E-state index in [-0.39, 0.29) is 24.6 Å². The lowest BCUT2D eigenvalue weighted by molar-refractivity contribution is 0.0722. The SMILES string of the molecule is Nc1ccc(Cn2cnnc2CN(Cc2ccc(F)cc2F)C(=O)c2cccc(-c3cc(Cl)cc(Cl)c3)c2)cc1. The summed E-state index contributed by atoms with van der Waals surface area (Å²) in [5.74, 6) is -1.33. The number of nitrogens with two attached hydrogens (primary N) is 1. The van der Waals surface area contributed by atoms with E-state index in [2.05, 4.69) is 10.2 Å². The van der Waals surface area contributed by atoms with Crippen molar-refractivity contribution in [2.75, 3.05) is 5.73 Å². The number of hydrogen-bond acceptors (Lipinski definition) is 4. The van der Waals surface area contributed by atoms with E-state index < -0.39 is 11.6 Å². The van der Waals surface area contributed by atoms with Gasteiger partial charge >= 0.3 is 0 Å². The Morgan fingerprint density at radius 1 is 0.875 bits per heavy atom. The molecular formula is C30H23Cl2F2N5O. The highest BCUT2D eigenvalue weighted by Crippen LogP contribution is 2.28. The van der Waals surface area contributed by atoms with Gasteiger partial charge in [0.05, 0.1) is 13.1 Å². The molecule has 4 aromatic carbocycles. The van der Waals surface area contributed by atoms with Crippen molar-refractivity contribution in [3.63, 3.8) is 0 Å². The maximum Gasteiger partial charge on any atom is 0.254 e. The molecule has 0 spiro atoms. The van der Waals surface area contributed by atoms with Crippen molar-refractivity contribution in [2.24, 2.45) is 0 Å². The Bertz CT molecular complexity index is 1650. The van der Waals surface area contributed by atoms with Gasteiger partial charge in [-0.25, -0.2) is 8.78 Å². The van der Waals surface area contributed by atoms with Crippen molar-refractivity contribution >= 4 is 34.8 Å². The maximum absolute atomic E-state index is 14.7. The van der Waals surface area contributed by atoms with Crippen molar-refractivity contribution in [1.29, 1.82) is 0 Å². The zero-order valence-electron chi connectivity index (χ0n) is 21.1. The van der Waals surface area contributed by atoms with E-state index in [0.717, 1.165) is 28.8 Å². The summed E-state index contributed by atoms with van der Waals surface area (Å²) in [6.45, 7) is 0.352. The van der Waals surface area contributed by atoms with Crippen LogP contribution in [0.4, 0.5) is 14.5 Å². The van der Waals surface area contributed by atoms with Crippen LogP contribution in [-0.4, -0.2) is 25.6 Å². The summed E-state index contributed by atoms with van der Waals surface area (Å²) >= 11 is 12.4. The largest absolute Gasteiger partial charge is 0.399 e. The van der Waals surface area contributed by atoms with Crippen LogP contribution in [0, 0.1) is 11.6 Å². The van der Waals surface area contributed by atoms with Crippen LogP contribution in [0.1, 0.15) is 27.3 Å². The molecule has 0 radical (unpaired) electrons. The van der Waals surface area contributed by atoms with E-state index in [1.54, 1.807) is 59.4 Å². The molecule has 6 nitrogen and oxygen atoms in total. The summed E-state index contributed by atoms with van der Waals surface area (Å²) in [6.07, 6.45) is 1.57. The maximum atomic E-state index is 14.7. The first-order valence-electron chi connectivity index (χ1n) is 12.3. The highest BCUT2D eigenvalue weighted by atomic mass is 35.5. The van der Waals surface area contributed by atoms with Crippen LogP contribution >= 0.6 is 23.2 Å². The van der Waals surface area contributed by atoms with Crippen LogP contribution in [-0.2, 0) is 19.6 Å². The summed E-state index contributed by atoms with van der Waals surface area (Å²) in [7, 11) is 0. The Kier molecular flexibility index (Phi) is 8.09. The second kappa shape index (κ2) is 11.9. The molecule has 2 N–H and O–H groups in total. The second-order valence-electron chi connectivity index (χ2n) is 9.25. The standard InChI is InChI=1S/C30H23Cl2F2N5O/c31-24-11-23(12-25(32)13-24)20-2-1-3-21(10-20)30(40)38(16-22-6-7-26(33)14-28(22)34)17-29-37-36-18-39(29)15-19-4-8-27(35)9-5-19/h1-14,18H,15-17,35H2. The number of rotatable bonds is 8. The number of nitrogens with zero attached hydrogens (tertiary/aromatic N) is 4. The first-order valence-corrected chi connectivity index (χ1v) is 13.0. The number of anilines is 1. The van der Waals surface area contributed by atoms with Gasteiger partial charge in [0, 0.05) is 39.5 Å². The van der Waals surface area contributed by atoms with Gasteiger partial charge in [0.2, 0.25) is 0 Å². The predicted molar refractivity (Wildman–Crippen MR) is 152 cm³/mol. The Morgan fingerprint density at radius 2 is 1.62 bits per heavy atom. The summed E-state index contributed by atoms with van der Waals surface area (Å²) in [5.41, 5.74) is 9.41. The lowest BCUT2D eigenvalue weighted by Crippen LogP contribution is -2.32. The molecule has 40 heavy (non-hydrogen) atoms. The molecule has 0 saturated heterocycles. The third-order valence-corrected chi connectivity index (χ3v) is 6.77. The number of hydrogen-bond donors (Lipinski definition) is 1. The van der Waals surface area contributed by atoms with Crippen LogP contribution in [0.15, 0.2) is 91.3 Å². The Hall–Kier alpha value is -4.27. The molecule has 1 aromatic heterocycles. The van der Waals surface area contributed by atoms with Crippen LogP contribution in [0.5, 0.6) is 0 Å². The average molecular weight is 578 g/mol. The van der Waals surface area contributed by atoms with Gasteiger partial charge in [-0.15, -0.1) is 10.2 Å². The third-order valence-electron chi connectivity index (χ3n) is 6.33. The summed E-state index contributed by atoms with van der Waals surface area (Å²) in [4.78, 5) is 15.3. The minimum absolute atomic E-state index is 0.0256. The van der Waals surface area contributed by atoms with Crippen molar-refractivity contribution in [2.45, 2.75) is 19.6 Å². The fraction of sp³-hybridized carbons (Fsp3) is 0.100. The van der Waals surface area contributed by atoms with Crippen molar-refractivity contribution in [1.82, 2.24) is 19.7 Å². The number of amides is 1. The number of carbonyl (C=O) groups is 1. The van der Waals surface area contributed by atoms with Gasteiger partial charge in [-0.3, -0.25) is 4.79 Å². The zero-order chi connectivity index (χ0) is 28.2. The number of benzene rings is 4. The fourth-order valence-electron chi connectivity index (χ4n) is 4.31. The average Bonchev–Trinajstić information content (AvgIpc) is 3.36. The topological polar surface area (TPSA) is 77.0 Å². The second-order valence-corrected chi connectivity index (χ2v) is 10.1. The number of carbonyl (C=O) groups excluding carboxylic acids is 1. The monoisotopic (exact) mass is 577 g/mol.